The number of aliphatic hydroxyl groups excluding tert-OH is 1. The van der Waals surface area contributed by atoms with E-state index >= 15 is 0 Å². The quantitative estimate of drug-likeness (QED) is 0.764. The largest absolute Gasteiger partial charge is 0.508 e. The molecule has 0 spiro atoms. The molecule has 110 valence electrons. The lowest BCUT2D eigenvalue weighted by molar-refractivity contribution is 0.146. The topological polar surface area (TPSA) is 52.5 Å². The molecule has 1 fully saturated rings. The average Bonchev–Trinajstić information content (AvgIpc) is 3.35. The van der Waals surface area contributed by atoms with Gasteiger partial charge >= 0.3 is 0 Å². The first-order valence-electron chi connectivity index (χ1n) is 7.49. The van der Waals surface area contributed by atoms with E-state index in [1.165, 1.54) is 0 Å². The summed E-state index contributed by atoms with van der Waals surface area (Å²) < 4.78 is 0. The second-order valence-electron chi connectivity index (χ2n) is 5.75. The van der Waals surface area contributed by atoms with Crippen molar-refractivity contribution in [1.82, 2.24) is 5.32 Å². The van der Waals surface area contributed by atoms with Gasteiger partial charge in [-0.15, -0.1) is 0 Å². The molecule has 0 radical (unpaired) electrons. The van der Waals surface area contributed by atoms with Crippen LogP contribution < -0.4 is 5.32 Å². The molecule has 0 saturated heterocycles. The van der Waals surface area contributed by atoms with Gasteiger partial charge in [0, 0.05) is 6.54 Å². The van der Waals surface area contributed by atoms with E-state index in [2.05, 4.69) is 17.4 Å². The number of hydrogen-bond donors (Lipinski definition) is 3. The van der Waals surface area contributed by atoms with E-state index in [9.17, 15) is 10.2 Å². The summed E-state index contributed by atoms with van der Waals surface area (Å²) in [5.41, 5.74) is 2.24. The predicted molar refractivity (Wildman–Crippen MR) is 83.1 cm³/mol. The molecule has 0 aromatic heterocycles. The van der Waals surface area contributed by atoms with Crippen LogP contribution in [0.2, 0.25) is 0 Å². The molecule has 2 unspecified atom stereocenters. The van der Waals surface area contributed by atoms with Gasteiger partial charge in [-0.3, -0.25) is 0 Å². The maximum atomic E-state index is 10.1. The highest BCUT2D eigenvalue weighted by Crippen LogP contribution is 2.33. The number of rotatable bonds is 6. The molecule has 3 nitrogen and oxygen atoms in total. The number of benzene rings is 2. The zero-order chi connectivity index (χ0) is 14.7. The van der Waals surface area contributed by atoms with E-state index in [0.29, 0.717) is 12.5 Å². The van der Waals surface area contributed by atoms with Gasteiger partial charge in [0.25, 0.3) is 0 Å². The van der Waals surface area contributed by atoms with Gasteiger partial charge in [0.2, 0.25) is 0 Å². The second-order valence-corrected chi connectivity index (χ2v) is 5.75. The van der Waals surface area contributed by atoms with Crippen molar-refractivity contribution < 1.29 is 10.2 Å². The first kappa shape index (κ1) is 14.1. The molecule has 3 heteroatoms. The lowest BCUT2D eigenvalue weighted by atomic mass is 9.98. The Morgan fingerprint density at radius 2 is 1.57 bits per heavy atom. The molecule has 0 amide bonds. The molecule has 0 heterocycles. The zero-order valence-electron chi connectivity index (χ0n) is 11.9. The Morgan fingerprint density at radius 1 is 0.952 bits per heavy atom. The molecule has 2 aromatic rings. The van der Waals surface area contributed by atoms with Gasteiger partial charge < -0.3 is 15.5 Å². The van der Waals surface area contributed by atoms with Crippen LogP contribution in [-0.2, 0) is 0 Å². The molecule has 21 heavy (non-hydrogen) atoms. The van der Waals surface area contributed by atoms with Crippen LogP contribution in [0.4, 0.5) is 0 Å². The summed E-state index contributed by atoms with van der Waals surface area (Å²) >= 11 is 0. The molecule has 3 rings (SSSR count). The van der Waals surface area contributed by atoms with Gasteiger partial charge in [-0.1, -0.05) is 42.5 Å². The van der Waals surface area contributed by atoms with Crippen LogP contribution in [0.1, 0.15) is 30.0 Å². The van der Waals surface area contributed by atoms with E-state index in [0.717, 1.165) is 24.0 Å². The van der Waals surface area contributed by atoms with Crippen molar-refractivity contribution in [2.75, 3.05) is 6.54 Å². The molecule has 3 N–H and O–H groups in total. The fraction of sp³-hybridized carbons (Fsp3) is 0.333. The lowest BCUT2D eigenvalue weighted by Gasteiger charge is -2.22. The van der Waals surface area contributed by atoms with Crippen molar-refractivity contribution in [3.8, 4) is 5.75 Å². The molecule has 1 saturated carbocycles. The van der Waals surface area contributed by atoms with Gasteiger partial charge in [0.05, 0.1) is 12.1 Å². The van der Waals surface area contributed by atoms with Crippen LogP contribution in [0.15, 0.2) is 54.6 Å². The summed E-state index contributed by atoms with van der Waals surface area (Å²) in [4.78, 5) is 0. The van der Waals surface area contributed by atoms with Gasteiger partial charge in [0.1, 0.15) is 5.75 Å². The standard InChI is InChI=1S/C18H21NO2/c20-16-10-8-15(9-11-16)18(14-4-2-1-3-5-14)19-12-17(21)13-6-7-13/h1-5,8-11,13,17-21H,6-7,12H2. The maximum Gasteiger partial charge on any atom is 0.115 e. The Bertz CT molecular complexity index is 564. The Labute approximate surface area is 125 Å². The van der Waals surface area contributed by atoms with E-state index in [-0.39, 0.29) is 17.9 Å². The highest BCUT2D eigenvalue weighted by atomic mass is 16.3. The van der Waals surface area contributed by atoms with Crippen molar-refractivity contribution in [1.29, 1.82) is 0 Å². The Hall–Kier alpha value is -1.84. The monoisotopic (exact) mass is 283 g/mol. The molecule has 1 aliphatic rings. The minimum Gasteiger partial charge on any atom is -0.508 e. The highest BCUT2D eigenvalue weighted by Gasteiger charge is 2.30. The van der Waals surface area contributed by atoms with E-state index < -0.39 is 0 Å². The van der Waals surface area contributed by atoms with Crippen LogP contribution in [0, 0.1) is 5.92 Å². The minimum absolute atomic E-state index is 0.0280. The number of phenols is 1. The number of aromatic hydroxyl groups is 1. The van der Waals surface area contributed by atoms with Gasteiger partial charge in [0.15, 0.2) is 0 Å². The normalized spacial score (nSPS) is 17.4. The second kappa shape index (κ2) is 6.29. The first-order chi connectivity index (χ1) is 10.2. The Kier molecular flexibility index (Phi) is 4.23. The summed E-state index contributed by atoms with van der Waals surface area (Å²) in [6, 6.07) is 17.4. The molecule has 2 aromatic carbocycles. The first-order valence-corrected chi connectivity index (χ1v) is 7.49. The van der Waals surface area contributed by atoms with Crippen LogP contribution in [0.3, 0.4) is 0 Å². The van der Waals surface area contributed by atoms with Crippen molar-refractivity contribution >= 4 is 0 Å². The third-order valence-electron chi connectivity index (χ3n) is 4.06. The zero-order valence-corrected chi connectivity index (χ0v) is 11.9. The maximum absolute atomic E-state index is 10.1. The van der Waals surface area contributed by atoms with Crippen LogP contribution in [0.5, 0.6) is 5.75 Å². The van der Waals surface area contributed by atoms with Crippen LogP contribution in [-0.4, -0.2) is 22.9 Å². The number of aliphatic hydroxyl groups is 1. The van der Waals surface area contributed by atoms with Crippen molar-refractivity contribution in [3.63, 3.8) is 0 Å². The molecular formula is C18H21NO2. The SMILES string of the molecule is Oc1ccc(C(NCC(O)C2CC2)c2ccccc2)cc1. The number of hydrogen-bond acceptors (Lipinski definition) is 3. The van der Waals surface area contributed by atoms with Crippen molar-refractivity contribution in [2.24, 2.45) is 5.92 Å². The third kappa shape index (κ3) is 3.63. The predicted octanol–water partition coefficient (Wildman–Crippen LogP) is 2.84. The third-order valence-corrected chi connectivity index (χ3v) is 4.06. The fourth-order valence-electron chi connectivity index (χ4n) is 2.63. The molecular weight excluding hydrogens is 262 g/mol. The molecule has 2 atom stereocenters. The van der Waals surface area contributed by atoms with Gasteiger partial charge in [-0.05, 0) is 42.0 Å². The Balaban J connectivity index is 1.78. The number of nitrogens with one attached hydrogen (secondary N) is 1. The van der Waals surface area contributed by atoms with Crippen LogP contribution in [0.25, 0.3) is 0 Å². The number of phenolic OH excluding ortho intramolecular Hbond substituents is 1. The summed E-state index contributed by atoms with van der Waals surface area (Å²) in [5.74, 6) is 0.734. The van der Waals surface area contributed by atoms with Crippen molar-refractivity contribution in [2.45, 2.75) is 25.0 Å². The van der Waals surface area contributed by atoms with Gasteiger partial charge in [-0.2, -0.15) is 0 Å². The van der Waals surface area contributed by atoms with Gasteiger partial charge in [-0.25, -0.2) is 0 Å². The molecule has 1 aliphatic carbocycles. The molecule has 0 aliphatic heterocycles. The minimum atomic E-state index is -0.270. The van der Waals surface area contributed by atoms with E-state index in [1.807, 2.05) is 30.3 Å². The summed E-state index contributed by atoms with van der Waals surface area (Å²) in [6.07, 6.45) is 2.00. The summed E-state index contributed by atoms with van der Waals surface area (Å²) in [5, 5.41) is 23.0. The Morgan fingerprint density at radius 3 is 2.19 bits per heavy atom. The fourth-order valence-corrected chi connectivity index (χ4v) is 2.63. The average molecular weight is 283 g/mol. The smallest absolute Gasteiger partial charge is 0.115 e. The highest BCUT2D eigenvalue weighted by molar-refractivity contribution is 5.35. The van der Waals surface area contributed by atoms with Crippen LogP contribution >= 0.6 is 0 Å². The summed E-state index contributed by atoms with van der Waals surface area (Å²) in [6.45, 7) is 0.588. The summed E-state index contributed by atoms with van der Waals surface area (Å²) in [7, 11) is 0. The van der Waals surface area contributed by atoms with E-state index in [4.69, 9.17) is 0 Å². The molecule has 0 bridgehead atoms. The van der Waals surface area contributed by atoms with Crippen molar-refractivity contribution in [3.05, 3.63) is 65.7 Å². The van der Waals surface area contributed by atoms with E-state index in [1.54, 1.807) is 12.1 Å². The lowest BCUT2D eigenvalue weighted by Crippen LogP contribution is -2.32.